The number of nitrogens with one attached hydrogen (secondary N) is 1. The Kier molecular flexibility index (Phi) is 2.77. The van der Waals surface area contributed by atoms with Crippen molar-refractivity contribution in [1.82, 2.24) is 5.32 Å². The summed E-state index contributed by atoms with van der Waals surface area (Å²) in [6.45, 7) is 0.405. The molecule has 3 heteroatoms. The third-order valence-electron chi connectivity index (χ3n) is 2.63. The number of piperidine rings is 1. The molecule has 1 aliphatic heterocycles. The van der Waals surface area contributed by atoms with E-state index in [1.165, 1.54) is 12.1 Å². The Hall–Kier alpha value is -0.960. The van der Waals surface area contributed by atoms with Gasteiger partial charge in [-0.25, -0.2) is 8.78 Å². The fourth-order valence-electron chi connectivity index (χ4n) is 1.80. The van der Waals surface area contributed by atoms with E-state index in [0.717, 1.165) is 12.0 Å². The lowest BCUT2D eigenvalue weighted by molar-refractivity contribution is 0.234. The van der Waals surface area contributed by atoms with Crippen molar-refractivity contribution in [2.24, 2.45) is 0 Å². The van der Waals surface area contributed by atoms with Crippen molar-refractivity contribution in [2.45, 2.75) is 25.1 Å². The summed E-state index contributed by atoms with van der Waals surface area (Å²) in [6.07, 6.45) is 0.647. The van der Waals surface area contributed by atoms with Crippen molar-refractivity contribution in [3.8, 4) is 0 Å². The Labute approximate surface area is 82.1 Å². The average Bonchev–Trinajstić information content (AvgIpc) is 2.21. The molecular weight excluding hydrogens is 184 g/mol. The zero-order valence-corrected chi connectivity index (χ0v) is 7.84. The Morgan fingerprint density at radius 3 is 2.43 bits per heavy atom. The molecule has 14 heavy (non-hydrogen) atoms. The molecule has 1 nitrogen and oxygen atoms in total. The second kappa shape index (κ2) is 4.05. The Morgan fingerprint density at radius 2 is 1.86 bits per heavy atom. The highest BCUT2D eigenvalue weighted by Crippen LogP contribution is 2.24. The molecule has 1 N–H and O–H groups in total. The highest BCUT2D eigenvalue weighted by Gasteiger charge is 2.20. The number of halogens is 2. The molecule has 1 aliphatic rings. The zero-order valence-electron chi connectivity index (χ0n) is 7.84. The maximum atomic E-state index is 12.8. The lowest BCUT2D eigenvalue weighted by Crippen LogP contribution is -2.34. The summed E-state index contributed by atoms with van der Waals surface area (Å²) in [4.78, 5) is 0. The highest BCUT2D eigenvalue weighted by atomic mass is 19.1. The first-order valence-corrected chi connectivity index (χ1v) is 4.88. The van der Waals surface area contributed by atoms with Crippen LogP contribution in [0.3, 0.4) is 0 Å². The van der Waals surface area contributed by atoms with Gasteiger partial charge >= 0.3 is 0 Å². The van der Waals surface area contributed by atoms with E-state index in [2.05, 4.69) is 5.32 Å². The molecular formula is C11H13F2N. The van der Waals surface area contributed by atoms with Gasteiger partial charge in [0.2, 0.25) is 0 Å². The normalized spacial score (nSPS) is 27.6. The van der Waals surface area contributed by atoms with Crippen molar-refractivity contribution >= 4 is 0 Å². The van der Waals surface area contributed by atoms with Crippen LogP contribution in [-0.2, 0) is 0 Å². The molecule has 2 unspecified atom stereocenters. The molecule has 0 aromatic heterocycles. The van der Waals surface area contributed by atoms with E-state index in [1.807, 2.05) is 0 Å². The predicted molar refractivity (Wildman–Crippen MR) is 51.3 cm³/mol. The van der Waals surface area contributed by atoms with Crippen molar-refractivity contribution in [2.75, 3.05) is 6.54 Å². The molecule has 2 atom stereocenters. The van der Waals surface area contributed by atoms with Gasteiger partial charge in [0, 0.05) is 12.6 Å². The van der Waals surface area contributed by atoms with E-state index in [0.29, 0.717) is 13.0 Å². The van der Waals surface area contributed by atoms with Crippen LogP contribution in [-0.4, -0.2) is 12.7 Å². The van der Waals surface area contributed by atoms with Crippen LogP contribution >= 0.6 is 0 Å². The van der Waals surface area contributed by atoms with Gasteiger partial charge in [-0.2, -0.15) is 0 Å². The molecule has 1 fully saturated rings. The highest BCUT2D eigenvalue weighted by molar-refractivity contribution is 5.20. The zero-order chi connectivity index (χ0) is 9.97. The molecule has 0 bridgehead atoms. The van der Waals surface area contributed by atoms with Crippen LogP contribution in [0.4, 0.5) is 8.78 Å². The molecule has 0 radical (unpaired) electrons. The lowest BCUT2D eigenvalue weighted by Gasteiger charge is -2.26. The first kappa shape index (κ1) is 9.59. The molecule has 0 amide bonds. The summed E-state index contributed by atoms with van der Waals surface area (Å²) < 4.78 is 25.4. The van der Waals surface area contributed by atoms with E-state index in [1.54, 1.807) is 12.1 Å². The third kappa shape index (κ3) is 2.10. The monoisotopic (exact) mass is 197 g/mol. The van der Waals surface area contributed by atoms with Crippen molar-refractivity contribution < 1.29 is 8.78 Å². The summed E-state index contributed by atoms with van der Waals surface area (Å²) >= 11 is 0. The second-order valence-electron chi connectivity index (χ2n) is 3.69. The van der Waals surface area contributed by atoms with Crippen molar-refractivity contribution in [3.05, 3.63) is 35.6 Å². The van der Waals surface area contributed by atoms with Crippen molar-refractivity contribution in [1.29, 1.82) is 0 Å². The molecule has 0 aliphatic carbocycles. The SMILES string of the molecule is Fc1ccc(C2CCC(F)CN2)cc1. The Bertz CT molecular complexity index is 289. The number of hydrogen-bond acceptors (Lipinski definition) is 1. The fraction of sp³-hybridized carbons (Fsp3) is 0.455. The van der Waals surface area contributed by atoms with Crippen LogP contribution in [0.25, 0.3) is 0 Å². The number of rotatable bonds is 1. The van der Waals surface area contributed by atoms with Crippen LogP contribution < -0.4 is 5.32 Å². The molecule has 1 heterocycles. The quantitative estimate of drug-likeness (QED) is 0.729. The number of hydrogen-bond donors (Lipinski definition) is 1. The predicted octanol–water partition coefficient (Wildman–Crippen LogP) is 2.59. The van der Waals surface area contributed by atoms with Gasteiger partial charge in [0.25, 0.3) is 0 Å². The third-order valence-corrected chi connectivity index (χ3v) is 2.63. The van der Waals surface area contributed by atoms with Crippen LogP contribution in [0.2, 0.25) is 0 Å². The largest absolute Gasteiger partial charge is 0.307 e. The fourth-order valence-corrected chi connectivity index (χ4v) is 1.80. The average molecular weight is 197 g/mol. The molecule has 0 spiro atoms. The van der Waals surface area contributed by atoms with E-state index in [9.17, 15) is 8.78 Å². The van der Waals surface area contributed by atoms with Gasteiger partial charge in [-0.05, 0) is 30.5 Å². The second-order valence-corrected chi connectivity index (χ2v) is 3.69. The van der Waals surface area contributed by atoms with Gasteiger partial charge in [-0.3, -0.25) is 0 Å². The Morgan fingerprint density at radius 1 is 1.14 bits per heavy atom. The Balaban J connectivity index is 2.05. The maximum Gasteiger partial charge on any atom is 0.123 e. The van der Waals surface area contributed by atoms with E-state index in [4.69, 9.17) is 0 Å². The molecule has 1 aromatic rings. The maximum absolute atomic E-state index is 12.8. The van der Waals surface area contributed by atoms with Crippen LogP contribution in [0.15, 0.2) is 24.3 Å². The molecule has 1 aromatic carbocycles. The van der Waals surface area contributed by atoms with Crippen LogP contribution in [0.5, 0.6) is 0 Å². The summed E-state index contributed by atoms with van der Waals surface area (Å²) in [7, 11) is 0. The summed E-state index contributed by atoms with van der Waals surface area (Å²) in [5.41, 5.74) is 1.04. The van der Waals surface area contributed by atoms with Gasteiger partial charge in [0.1, 0.15) is 12.0 Å². The van der Waals surface area contributed by atoms with E-state index >= 15 is 0 Å². The molecule has 1 saturated heterocycles. The van der Waals surface area contributed by atoms with Gasteiger partial charge in [-0.15, -0.1) is 0 Å². The topological polar surface area (TPSA) is 12.0 Å². The smallest absolute Gasteiger partial charge is 0.123 e. The first-order chi connectivity index (χ1) is 6.75. The van der Waals surface area contributed by atoms with E-state index < -0.39 is 6.17 Å². The minimum atomic E-state index is -0.730. The van der Waals surface area contributed by atoms with E-state index in [-0.39, 0.29) is 11.9 Å². The van der Waals surface area contributed by atoms with Crippen LogP contribution in [0.1, 0.15) is 24.4 Å². The number of alkyl halides is 1. The summed E-state index contributed by atoms with van der Waals surface area (Å²) in [5, 5.41) is 3.11. The number of benzene rings is 1. The van der Waals surface area contributed by atoms with Gasteiger partial charge in [0.15, 0.2) is 0 Å². The summed E-state index contributed by atoms with van der Waals surface area (Å²) in [6, 6.07) is 6.58. The lowest BCUT2D eigenvalue weighted by atomic mass is 9.97. The van der Waals surface area contributed by atoms with Gasteiger partial charge < -0.3 is 5.32 Å². The molecule has 0 saturated carbocycles. The van der Waals surface area contributed by atoms with Gasteiger partial charge in [-0.1, -0.05) is 12.1 Å². The standard InChI is InChI=1S/C11H13F2N/c12-9-3-1-8(2-4-9)11-6-5-10(13)7-14-11/h1-4,10-11,14H,5-7H2. The minimum Gasteiger partial charge on any atom is -0.307 e. The minimum absolute atomic E-state index is 0.183. The first-order valence-electron chi connectivity index (χ1n) is 4.88. The van der Waals surface area contributed by atoms with Crippen molar-refractivity contribution in [3.63, 3.8) is 0 Å². The molecule has 76 valence electrons. The van der Waals surface area contributed by atoms with Crippen LogP contribution in [0, 0.1) is 5.82 Å². The van der Waals surface area contributed by atoms with Gasteiger partial charge in [0.05, 0.1) is 0 Å². The summed E-state index contributed by atoms with van der Waals surface area (Å²) in [5.74, 6) is -0.229. The molecule has 2 rings (SSSR count).